The fourth-order valence-corrected chi connectivity index (χ4v) is 2.08. The molecule has 0 radical (unpaired) electrons. The molecule has 2 heterocycles. The molecule has 5 nitrogen and oxygen atoms in total. The van der Waals surface area contributed by atoms with Crippen molar-refractivity contribution in [1.29, 1.82) is 0 Å². The molecule has 0 aliphatic rings. The number of hydrogen-bond donors (Lipinski definition) is 2. The molecule has 0 aliphatic heterocycles. The van der Waals surface area contributed by atoms with Gasteiger partial charge in [-0.3, -0.25) is 0 Å². The van der Waals surface area contributed by atoms with Crippen molar-refractivity contribution in [2.45, 2.75) is 20.4 Å². The summed E-state index contributed by atoms with van der Waals surface area (Å²) in [6.07, 6.45) is 3.62. The Hall–Kier alpha value is -1.69. The summed E-state index contributed by atoms with van der Waals surface area (Å²) in [5.41, 5.74) is 0. The van der Waals surface area contributed by atoms with Crippen molar-refractivity contribution in [3.05, 3.63) is 28.3 Å². The van der Waals surface area contributed by atoms with Crippen LogP contribution in [-0.4, -0.2) is 21.5 Å². The molecule has 0 saturated heterocycles. The van der Waals surface area contributed by atoms with E-state index in [1.54, 1.807) is 17.5 Å². The topological polar surface area (TPSA) is 62.7 Å². The minimum absolute atomic E-state index is 0.646. The molecule has 2 aromatic rings. The van der Waals surface area contributed by atoms with Gasteiger partial charge in [-0.1, -0.05) is 0 Å². The standard InChI is InChI=1S/C11H15N5S/c1-3-12-11-13-5-4-9(16-11)14-7-10-15-6-8(2)17-10/h4-6H,3,7H2,1-2H3,(H2,12,13,14,16). The largest absolute Gasteiger partial charge is 0.363 e. The first-order valence-electron chi connectivity index (χ1n) is 5.50. The monoisotopic (exact) mass is 249 g/mol. The van der Waals surface area contributed by atoms with E-state index < -0.39 is 0 Å². The maximum atomic E-state index is 4.33. The summed E-state index contributed by atoms with van der Waals surface area (Å²) < 4.78 is 0. The van der Waals surface area contributed by atoms with Crippen LogP contribution in [0, 0.1) is 6.92 Å². The number of nitrogens with one attached hydrogen (secondary N) is 2. The zero-order chi connectivity index (χ0) is 12.1. The third-order valence-corrected chi connectivity index (χ3v) is 2.99. The minimum Gasteiger partial charge on any atom is -0.363 e. The van der Waals surface area contributed by atoms with Gasteiger partial charge in [0.1, 0.15) is 10.8 Å². The lowest BCUT2D eigenvalue weighted by Gasteiger charge is -2.05. The summed E-state index contributed by atoms with van der Waals surface area (Å²) in [4.78, 5) is 13.9. The van der Waals surface area contributed by atoms with E-state index in [-0.39, 0.29) is 0 Å². The van der Waals surface area contributed by atoms with Gasteiger partial charge in [-0.15, -0.1) is 11.3 Å². The number of anilines is 2. The predicted octanol–water partition coefficient (Wildman–Crippen LogP) is 2.29. The van der Waals surface area contributed by atoms with Gasteiger partial charge >= 0.3 is 0 Å². The lowest BCUT2D eigenvalue weighted by atomic mass is 10.5. The van der Waals surface area contributed by atoms with E-state index >= 15 is 0 Å². The molecule has 17 heavy (non-hydrogen) atoms. The Kier molecular flexibility index (Phi) is 3.87. The van der Waals surface area contributed by atoms with Crippen LogP contribution in [0.15, 0.2) is 18.5 Å². The highest BCUT2D eigenvalue weighted by atomic mass is 32.1. The number of nitrogens with zero attached hydrogens (tertiary/aromatic N) is 3. The van der Waals surface area contributed by atoms with Crippen LogP contribution < -0.4 is 10.6 Å². The summed E-state index contributed by atoms with van der Waals surface area (Å²) >= 11 is 1.69. The number of aryl methyl sites for hydroxylation is 1. The fraction of sp³-hybridized carbons (Fsp3) is 0.364. The lowest BCUT2D eigenvalue weighted by molar-refractivity contribution is 1.04. The van der Waals surface area contributed by atoms with Crippen molar-refractivity contribution in [2.75, 3.05) is 17.2 Å². The Labute approximate surface area is 104 Å². The molecule has 6 heteroatoms. The Morgan fingerprint density at radius 1 is 1.29 bits per heavy atom. The summed E-state index contributed by atoms with van der Waals surface area (Å²) in [5.74, 6) is 1.46. The van der Waals surface area contributed by atoms with Gasteiger partial charge in [0.15, 0.2) is 0 Å². The van der Waals surface area contributed by atoms with Crippen LogP contribution in [-0.2, 0) is 6.54 Å². The predicted molar refractivity (Wildman–Crippen MR) is 70.4 cm³/mol. The van der Waals surface area contributed by atoms with Crippen LogP contribution in [0.3, 0.4) is 0 Å². The third kappa shape index (κ3) is 3.39. The van der Waals surface area contributed by atoms with E-state index in [4.69, 9.17) is 0 Å². The van der Waals surface area contributed by atoms with Gasteiger partial charge in [0.2, 0.25) is 5.95 Å². The van der Waals surface area contributed by atoms with Crippen molar-refractivity contribution in [3.8, 4) is 0 Å². The molecule has 0 spiro atoms. The van der Waals surface area contributed by atoms with Crippen molar-refractivity contribution in [2.24, 2.45) is 0 Å². The Balaban J connectivity index is 1.96. The first-order chi connectivity index (χ1) is 8.28. The average Bonchev–Trinajstić information content (AvgIpc) is 2.74. The second-order valence-corrected chi connectivity index (χ2v) is 4.83. The number of hydrogen-bond acceptors (Lipinski definition) is 6. The first-order valence-corrected chi connectivity index (χ1v) is 6.31. The van der Waals surface area contributed by atoms with Crippen LogP contribution in [0.2, 0.25) is 0 Å². The normalized spacial score (nSPS) is 10.2. The molecule has 0 atom stereocenters. The molecule has 0 amide bonds. The zero-order valence-electron chi connectivity index (χ0n) is 9.90. The van der Waals surface area contributed by atoms with Gasteiger partial charge in [0, 0.05) is 23.8 Å². The van der Waals surface area contributed by atoms with E-state index in [0.29, 0.717) is 12.5 Å². The Morgan fingerprint density at radius 2 is 2.18 bits per heavy atom. The number of thiazole rings is 1. The van der Waals surface area contributed by atoms with Gasteiger partial charge in [0.05, 0.1) is 6.54 Å². The number of rotatable bonds is 5. The summed E-state index contributed by atoms with van der Waals surface area (Å²) in [6, 6.07) is 1.85. The zero-order valence-corrected chi connectivity index (χ0v) is 10.7. The van der Waals surface area contributed by atoms with Gasteiger partial charge in [0.25, 0.3) is 0 Å². The molecule has 0 saturated carbocycles. The molecule has 0 unspecified atom stereocenters. The van der Waals surface area contributed by atoms with Crippen molar-refractivity contribution >= 4 is 23.1 Å². The highest BCUT2D eigenvalue weighted by Crippen LogP contribution is 2.13. The molecule has 2 rings (SSSR count). The molecule has 0 aromatic carbocycles. The minimum atomic E-state index is 0.646. The maximum absolute atomic E-state index is 4.33. The SMILES string of the molecule is CCNc1nccc(NCc2ncc(C)s2)n1. The molecule has 0 bridgehead atoms. The van der Waals surface area contributed by atoms with Gasteiger partial charge in [-0.2, -0.15) is 4.98 Å². The Bertz CT molecular complexity index is 482. The molecule has 2 N–H and O–H groups in total. The lowest BCUT2D eigenvalue weighted by Crippen LogP contribution is -2.05. The van der Waals surface area contributed by atoms with Crippen LogP contribution >= 0.6 is 11.3 Å². The summed E-state index contributed by atoms with van der Waals surface area (Å²) in [7, 11) is 0. The van der Waals surface area contributed by atoms with Crippen LogP contribution in [0.1, 0.15) is 16.8 Å². The Morgan fingerprint density at radius 3 is 2.88 bits per heavy atom. The fourth-order valence-electron chi connectivity index (χ4n) is 1.35. The summed E-state index contributed by atoms with van der Waals surface area (Å²) in [6.45, 7) is 5.58. The van der Waals surface area contributed by atoms with Gasteiger partial charge in [-0.05, 0) is 19.9 Å². The van der Waals surface area contributed by atoms with Gasteiger partial charge in [-0.25, -0.2) is 9.97 Å². The van der Waals surface area contributed by atoms with Crippen molar-refractivity contribution in [1.82, 2.24) is 15.0 Å². The van der Waals surface area contributed by atoms with Crippen molar-refractivity contribution in [3.63, 3.8) is 0 Å². The van der Waals surface area contributed by atoms with E-state index in [1.165, 1.54) is 4.88 Å². The second kappa shape index (κ2) is 5.58. The van der Waals surface area contributed by atoms with Crippen LogP contribution in [0.4, 0.5) is 11.8 Å². The highest BCUT2D eigenvalue weighted by Gasteiger charge is 2.00. The van der Waals surface area contributed by atoms with Crippen molar-refractivity contribution < 1.29 is 0 Å². The van der Waals surface area contributed by atoms with Crippen LogP contribution in [0.5, 0.6) is 0 Å². The van der Waals surface area contributed by atoms with Crippen LogP contribution in [0.25, 0.3) is 0 Å². The third-order valence-electron chi connectivity index (χ3n) is 2.08. The highest BCUT2D eigenvalue weighted by molar-refractivity contribution is 7.11. The first kappa shape index (κ1) is 11.8. The average molecular weight is 249 g/mol. The van der Waals surface area contributed by atoms with E-state index in [2.05, 4.69) is 32.5 Å². The molecule has 0 fully saturated rings. The molecule has 90 valence electrons. The van der Waals surface area contributed by atoms with E-state index in [1.807, 2.05) is 19.2 Å². The quantitative estimate of drug-likeness (QED) is 0.851. The van der Waals surface area contributed by atoms with E-state index in [9.17, 15) is 0 Å². The smallest absolute Gasteiger partial charge is 0.224 e. The molecular weight excluding hydrogens is 234 g/mol. The summed E-state index contributed by atoms with van der Waals surface area (Å²) in [5, 5.41) is 7.37. The maximum Gasteiger partial charge on any atom is 0.224 e. The van der Waals surface area contributed by atoms with E-state index in [0.717, 1.165) is 17.4 Å². The second-order valence-electron chi connectivity index (χ2n) is 3.51. The molecule has 2 aromatic heterocycles. The molecule has 0 aliphatic carbocycles. The number of aromatic nitrogens is 3. The molecular formula is C11H15N5S. The van der Waals surface area contributed by atoms with Gasteiger partial charge < -0.3 is 10.6 Å².